The molecule has 1 aliphatic rings. The van der Waals surface area contributed by atoms with Gasteiger partial charge in [-0.25, -0.2) is 13.1 Å². The van der Waals surface area contributed by atoms with Crippen molar-refractivity contribution in [2.45, 2.75) is 52.6 Å². The lowest BCUT2D eigenvalue weighted by molar-refractivity contribution is -0.133. The highest BCUT2D eigenvalue weighted by Crippen LogP contribution is 2.27. The van der Waals surface area contributed by atoms with Crippen LogP contribution in [-0.2, 0) is 34.3 Å². The first-order chi connectivity index (χ1) is 13.8. The number of carbonyl (C=O) groups is 1. The van der Waals surface area contributed by atoms with E-state index in [0.717, 1.165) is 27.9 Å². The number of fused-ring (bicyclic) bond motifs is 1. The van der Waals surface area contributed by atoms with Crippen LogP contribution in [0.25, 0.3) is 0 Å². The first-order valence-electron chi connectivity index (χ1n) is 10.1. The van der Waals surface area contributed by atoms with E-state index >= 15 is 0 Å². The number of sulfonamides is 1. The van der Waals surface area contributed by atoms with Gasteiger partial charge >= 0.3 is 0 Å². The summed E-state index contributed by atoms with van der Waals surface area (Å²) in [5, 5.41) is 0. The first-order valence-corrected chi connectivity index (χ1v) is 11.7. The topological polar surface area (TPSA) is 79.4 Å². The highest BCUT2D eigenvalue weighted by Gasteiger charge is 2.27. The van der Waals surface area contributed by atoms with Crippen LogP contribution in [0.4, 0.5) is 0 Å². The fraction of sp³-hybridized carbons (Fsp3) is 0.455. The van der Waals surface area contributed by atoms with Gasteiger partial charge in [0.2, 0.25) is 15.9 Å². The Morgan fingerprint density at radius 3 is 2.69 bits per heavy atom. The smallest absolute Gasteiger partial charge is 0.230 e. The number of pyridine rings is 1. The highest BCUT2D eigenvalue weighted by atomic mass is 32.2. The molecule has 1 N–H and O–H groups in total. The van der Waals surface area contributed by atoms with Gasteiger partial charge in [0.15, 0.2) is 0 Å². The summed E-state index contributed by atoms with van der Waals surface area (Å²) in [5.74, 6) is 0.0258. The Kier molecular flexibility index (Phi) is 6.70. The Morgan fingerprint density at radius 2 is 2.00 bits per heavy atom. The van der Waals surface area contributed by atoms with Crippen molar-refractivity contribution >= 4 is 15.9 Å². The summed E-state index contributed by atoms with van der Waals surface area (Å²) in [6, 6.07) is 9.80. The van der Waals surface area contributed by atoms with Gasteiger partial charge in [-0.15, -0.1) is 0 Å². The molecule has 1 aliphatic heterocycles. The minimum Gasteiger partial charge on any atom is -0.337 e. The average molecular weight is 416 g/mol. The number of hydrogen-bond donors (Lipinski definition) is 1. The van der Waals surface area contributed by atoms with E-state index in [-0.39, 0.29) is 24.1 Å². The summed E-state index contributed by atoms with van der Waals surface area (Å²) in [7, 11) is -3.28. The Hall–Kier alpha value is -2.25. The quantitative estimate of drug-likeness (QED) is 0.754. The van der Waals surface area contributed by atoms with Crippen LogP contribution in [0.5, 0.6) is 0 Å². The number of aromatic nitrogens is 1. The lowest BCUT2D eigenvalue weighted by atomic mass is 9.93. The molecule has 0 spiro atoms. The number of aryl methyl sites for hydroxylation is 1. The van der Waals surface area contributed by atoms with Gasteiger partial charge in [-0.2, -0.15) is 0 Å². The molecule has 0 fully saturated rings. The SMILES string of the molecule is CCCS(=O)(=O)NCc1c(C)ncc2c1CCN(C(=O)C(C)c1ccccc1)C2. The minimum atomic E-state index is -3.28. The fourth-order valence-corrected chi connectivity index (χ4v) is 4.87. The van der Waals surface area contributed by atoms with E-state index in [1.807, 2.05) is 62.2 Å². The van der Waals surface area contributed by atoms with Gasteiger partial charge in [0.25, 0.3) is 0 Å². The highest BCUT2D eigenvalue weighted by molar-refractivity contribution is 7.89. The lowest BCUT2D eigenvalue weighted by Gasteiger charge is -2.32. The van der Waals surface area contributed by atoms with Crippen molar-refractivity contribution in [2.75, 3.05) is 12.3 Å². The number of rotatable bonds is 7. The van der Waals surface area contributed by atoms with Crippen LogP contribution in [0.15, 0.2) is 36.5 Å². The summed E-state index contributed by atoms with van der Waals surface area (Å²) in [4.78, 5) is 19.3. The second kappa shape index (κ2) is 9.05. The Bertz CT molecular complexity index is 974. The molecule has 0 bridgehead atoms. The van der Waals surface area contributed by atoms with Crippen molar-refractivity contribution < 1.29 is 13.2 Å². The number of amides is 1. The first kappa shape index (κ1) is 21.5. The molecular formula is C22H29N3O3S. The molecule has 0 aliphatic carbocycles. The number of hydrogen-bond acceptors (Lipinski definition) is 4. The largest absolute Gasteiger partial charge is 0.337 e. The van der Waals surface area contributed by atoms with Gasteiger partial charge < -0.3 is 4.90 Å². The summed E-state index contributed by atoms with van der Waals surface area (Å²) in [5.41, 5.74) is 4.90. The molecule has 1 amide bonds. The number of carbonyl (C=O) groups excluding carboxylic acids is 1. The molecule has 0 saturated carbocycles. The zero-order valence-corrected chi connectivity index (χ0v) is 18.1. The normalized spacial score (nSPS) is 15.1. The van der Waals surface area contributed by atoms with Crippen molar-refractivity contribution in [2.24, 2.45) is 0 Å². The molecule has 0 radical (unpaired) electrons. The van der Waals surface area contributed by atoms with Gasteiger partial charge in [0.1, 0.15) is 0 Å². The van der Waals surface area contributed by atoms with Gasteiger partial charge in [0, 0.05) is 31.5 Å². The van der Waals surface area contributed by atoms with E-state index in [1.54, 1.807) is 0 Å². The van der Waals surface area contributed by atoms with E-state index in [2.05, 4.69) is 9.71 Å². The molecule has 7 heteroatoms. The molecule has 29 heavy (non-hydrogen) atoms. The van der Waals surface area contributed by atoms with Crippen LogP contribution >= 0.6 is 0 Å². The van der Waals surface area contributed by atoms with Gasteiger partial charge in [-0.1, -0.05) is 37.3 Å². The van der Waals surface area contributed by atoms with Crippen molar-refractivity contribution in [1.82, 2.24) is 14.6 Å². The maximum atomic E-state index is 13.0. The Balaban J connectivity index is 1.76. The fourth-order valence-electron chi connectivity index (χ4n) is 3.83. The van der Waals surface area contributed by atoms with Crippen LogP contribution < -0.4 is 4.72 Å². The number of nitrogens with one attached hydrogen (secondary N) is 1. The van der Waals surface area contributed by atoms with Crippen molar-refractivity contribution in [3.05, 3.63) is 64.5 Å². The second-order valence-electron chi connectivity index (χ2n) is 7.61. The summed E-state index contributed by atoms with van der Waals surface area (Å²) in [6.45, 7) is 7.07. The van der Waals surface area contributed by atoms with Gasteiger partial charge in [0.05, 0.1) is 11.7 Å². The average Bonchev–Trinajstić information content (AvgIpc) is 2.72. The number of nitrogens with zero attached hydrogens (tertiary/aromatic N) is 2. The summed E-state index contributed by atoms with van der Waals surface area (Å²) < 4.78 is 26.8. The zero-order chi connectivity index (χ0) is 21.0. The summed E-state index contributed by atoms with van der Waals surface area (Å²) in [6.07, 6.45) is 3.11. The van der Waals surface area contributed by atoms with E-state index < -0.39 is 10.0 Å². The predicted octanol–water partition coefficient (Wildman–Crippen LogP) is 2.91. The lowest BCUT2D eigenvalue weighted by Crippen LogP contribution is -2.39. The molecule has 1 aromatic carbocycles. The zero-order valence-electron chi connectivity index (χ0n) is 17.3. The molecule has 1 aromatic heterocycles. The van der Waals surface area contributed by atoms with Crippen LogP contribution in [-0.4, -0.2) is 36.5 Å². The molecule has 3 rings (SSSR count). The molecule has 1 unspecified atom stereocenters. The van der Waals surface area contributed by atoms with Crippen LogP contribution in [0, 0.1) is 6.92 Å². The molecule has 2 aromatic rings. The van der Waals surface area contributed by atoms with Gasteiger partial charge in [-0.05, 0) is 48.9 Å². The van der Waals surface area contributed by atoms with E-state index in [0.29, 0.717) is 25.9 Å². The monoisotopic (exact) mass is 415 g/mol. The molecule has 1 atom stereocenters. The van der Waals surface area contributed by atoms with Gasteiger partial charge in [-0.3, -0.25) is 9.78 Å². The maximum Gasteiger partial charge on any atom is 0.230 e. The molecule has 0 saturated heterocycles. The van der Waals surface area contributed by atoms with E-state index in [1.165, 1.54) is 0 Å². The van der Waals surface area contributed by atoms with Crippen molar-refractivity contribution in [3.63, 3.8) is 0 Å². The van der Waals surface area contributed by atoms with Crippen molar-refractivity contribution in [3.8, 4) is 0 Å². The molecule has 6 nitrogen and oxygen atoms in total. The van der Waals surface area contributed by atoms with E-state index in [4.69, 9.17) is 0 Å². The predicted molar refractivity (Wildman–Crippen MR) is 114 cm³/mol. The summed E-state index contributed by atoms with van der Waals surface area (Å²) >= 11 is 0. The third kappa shape index (κ3) is 5.03. The van der Waals surface area contributed by atoms with Crippen molar-refractivity contribution in [1.29, 1.82) is 0 Å². The minimum absolute atomic E-state index is 0.104. The molecule has 156 valence electrons. The molecule has 2 heterocycles. The third-order valence-corrected chi connectivity index (χ3v) is 7.05. The van der Waals surface area contributed by atoms with Crippen LogP contribution in [0.3, 0.4) is 0 Å². The second-order valence-corrected chi connectivity index (χ2v) is 9.53. The number of benzene rings is 1. The van der Waals surface area contributed by atoms with Crippen LogP contribution in [0.1, 0.15) is 54.1 Å². The molecular weight excluding hydrogens is 386 g/mol. The Morgan fingerprint density at radius 1 is 1.28 bits per heavy atom. The van der Waals surface area contributed by atoms with Crippen LogP contribution in [0.2, 0.25) is 0 Å². The van der Waals surface area contributed by atoms with E-state index in [9.17, 15) is 13.2 Å². The third-order valence-electron chi connectivity index (χ3n) is 5.52. The maximum absolute atomic E-state index is 13.0. The Labute approximate surface area is 173 Å². The standard InChI is InChI=1S/C22H29N3O3S/c1-4-12-29(27,28)24-14-21-17(3)23-13-19-15-25(11-10-20(19)21)22(26)16(2)18-8-6-5-7-9-18/h5-9,13,16,24H,4,10-12,14-15H2,1-3H3.